The van der Waals surface area contributed by atoms with Gasteiger partial charge < -0.3 is 4.74 Å². The zero-order valence-corrected chi connectivity index (χ0v) is 18.0. The summed E-state index contributed by atoms with van der Waals surface area (Å²) < 4.78 is 49.1. The van der Waals surface area contributed by atoms with Crippen LogP contribution >= 0.6 is 15.9 Å². The summed E-state index contributed by atoms with van der Waals surface area (Å²) in [7, 11) is -4.04. The topological polar surface area (TPSA) is 165 Å². The van der Waals surface area contributed by atoms with Crippen molar-refractivity contribution in [1.29, 1.82) is 0 Å². The van der Waals surface area contributed by atoms with Crippen LogP contribution in [0.15, 0.2) is 62.6 Å². The molecule has 1 atom stereocenters. The molecule has 3 rings (SSSR count). The molecule has 0 radical (unpaired) electrons. The smallest absolute Gasteiger partial charge is 0.287 e. The Labute approximate surface area is 184 Å². The van der Waals surface area contributed by atoms with Crippen molar-refractivity contribution < 1.29 is 27.4 Å². The van der Waals surface area contributed by atoms with Crippen LogP contribution in [0.4, 0.5) is 10.1 Å². The summed E-state index contributed by atoms with van der Waals surface area (Å²) in [6.45, 7) is -0.234. The highest BCUT2D eigenvalue weighted by molar-refractivity contribution is 9.10. The van der Waals surface area contributed by atoms with E-state index in [9.17, 15) is 18.0 Å². The van der Waals surface area contributed by atoms with Gasteiger partial charge in [0.25, 0.3) is 16.1 Å². The minimum absolute atomic E-state index is 0.106. The van der Waals surface area contributed by atoms with E-state index in [4.69, 9.17) is 9.88 Å². The first kappa shape index (κ1) is 22.8. The van der Waals surface area contributed by atoms with E-state index in [2.05, 4.69) is 40.6 Å². The van der Waals surface area contributed by atoms with Gasteiger partial charge in [-0.25, -0.2) is 19.2 Å². The number of hydroxylamine groups is 1. The number of nitrogens with one attached hydrogen (secondary N) is 2. The summed E-state index contributed by atoms with van der Waals surface area (Å²) in [6, 6.07) is 11.6. The molecule has 1 aromatic heterocycles. The molecule has 164 valence electrons. The summed E-state index contributed by atoms with van der Waals surface area (Å²) in [5.41, 5.74) is 2.60. The number of hydrogen-bond donors (Lipinski definition) is 4. The summed E-state index contributed by atoms with van der Waals surface area (Å²) >= 11 is 3.04. The largest absolute Gasteiger partial charge is 0.472 e. The van der Waals surface area contributed by atoms with Gasteiger partial charge in [-0.05, 0) is 50.0 Å². The molecule has 0 bridgehead atoms. The molecular weight excluding hydrogens is 499 g/mol. The average Bonchev–Trinajstić information content (AvgIpc) is 3.20. The molecule has 1 heterocycles. The third kappa shape index (κ3) is 6.28. The molecule has 14 heteroatoms. The van der Waals surface area contributed by atoms with Gasteiger partial charge in [0.15, 0.2) is 5.84 Å². The van der Waals surface area contributed by atoms with Crippen molar-refractivity contribution in [2.45, 2.75) is 6.04 Å². The van der Waals surface area contributed by atoms with Crippen molar-refractivity contribution in [3.05, 3.63) is 70.1 Å². The van der Waals surface area contributed by atoms with Crippen molar-refractivity contribution in [3.63, 3.8) is 0 Å². The number of halogens is 2. The van der Waals surface area contributed by atoms with E-state index in [1.165, 1.54) is 18.2 Å². The van der Waals surface area contributed by atoms with Crippen LogP contribution in [0.1, 0.15) is 17.3 Å². The second-order valence-electron chi connectivity index (χ2n) is 6.03. The second-order valence-corrected chi connectivity index (χ2v) is 8.21. The standard InChI is InChI=1S/C17H16BrFN6O5S/c18-12-8-11(6-7-13(12)19)21-16(22-26)15-17(24-30-23-15)29-9-14(25-31(20,27)28)10-4-2-1-3-5-10/h1-8,14,25-26H,9H2,(H,21,22)(H2,20,27,28). The highest BCUT2D eigenvalue weighted by Crippen LogP contribution is 2.24. The minimum atomic E-state index is -4.04. The van der Waals surface area contributed by atoms with Gasteiger partial charge in [0.2, 0.25) is 5.69 Å². The highest BCUT2D eigenvalue weighted by atomic mass is 79.9. The van der Waals surface area contributed by atoms with Crippen LogP contribution in [0.2, 0.25) is 0 Å². The summed E-state index contributed by atoms with van der Waals surface area (Å²) in [5.74, 6) is -0.872. The van der Waals surface area contributed by atoms with Crippen molar-refractivity contribution >= 4 is 37.7 Å². The number of hydrogen-bond acceptors (Lipinski definition) is 8. The Bertz CT molecular complexity index is 1170. The van der Waals surface area contributed by atoms with Crippen LogP contribution in [0.5, 0.6) is 5.88 Å². The lowest BCUT2D eigenvalue weighted by molar-refractivity contribution is 0.233. The van der Waals surface area contributed by atoms with Gasteiger partial charge in [0.05, 0.1) is 16.2 Å². The number of benzene rings is 2. The fourth-order valence-electron chi connectivity index (χ4n) is 2.48. The van der Waals surface area contributed by atoms with Crippen LogP contribution in [-0.4, -0.2) is 36.4 Å². The molecule has 11 nitrogen and oxygen atoms in total. The zero-order chi connectivity index (χ0) is 22.4. The molecule has 5 N–H and O–H groups in total. The van der Waals surface area contributed by atoms with Crippen LogP contribution in [0.25, 0.3) is 0 Å². The molecule has 0 aliphatic heterocycles. The Balaban J connectivity index is 1.84. The molecule has 31 heavy (non-hydrogen) atoms. The molecule has 0 aliphatic rings. The molecule has 0 aliphatic carbocycles. The van der Waals surface area contributed by atoms with E-state index < -0.39 is 22.1 Å². The van der Waals surface area contributed by atoms with Gasteiger partial charge >= 0.3 is 0 Å². The van der Waals surface area contributed by atoms with Crippen LogP contribution < -0.4 is 20.1 Å². The fraction of sp³-hybridized carbons (Fsp3) is 0.118. The van der Waals surface area contributed by atoms with Crippen LogP contribution in [0.3, 0.4) is 0 Å². The van der Waals surface area contributed by atoms with E-state index >= 15 is 0 Å². The summed E-state index contributed by atoms with van der Waals surface area (Å²) in [5, 5.41) is 21.8. The number of nitrogens with zero attached hydrogens (tertiary/aromatic N) is 3. The number of amidine groups is 1. The van der Waals surface area contributed by atoms with E-state index in [-0.39, 0.29) is 34.2 Å². The Morgan fingerprint density at radius 2 is 2.03 bits per heavy atom. The van der Waals surface area contributed by atoms with Gasteiger partial charge in [0.1, 0.15) is 12.4 Å². The molecular formula is C17H16BrFN6O5S. The first-order valence-corrected chi connectivity index (χ1v) is 10.9. The number of nitrogens with two attached hydrogens (primary N) is 1. The average molecular weight is 515 g/mol. The van der Waals surface area contributed by atoms with E-state index in [1.54, 1.807) is 30.3 Å². The number of aliphatic imine (C=N–C) groups is 1. The lowest BCUT2D eigenvalue weighted by Gasteiger charge is -2.17. The maximum absolute atomic E-state index is 13.4. The fourth-order valence-corrected chi connectivity index (χ4v) is 3.45. The molecule has 0 fully saturated rings. The molecule has 0 saturated heterocycles. The normalized spacial score (nSPS) is 13.1. The van der Waals surface area contributed by atoms with Crippen molar-refractivity contribution in [1.82, 2.24) is 20.5 Å². The lowest BCUT2D eigenvalue weighted by atomic mass is 10.1. The van der Waals surface area contributed by atoms with Crippen LogP contribution in [0, 0.1) is 5.82 Å². The number of ether oxygens (including phenoxy) is 1. The zero-order valence-electron chi connectivity index (χ0n) is 15.6. The third-order valence-corrected chi connectivity index (χ3v) is 5.05. The first-order chi connectivity index (χ1) is 14.8. The Kier molecular flexibility index (Phi) is 7.29. The van der Waals surface area contributed by atoms with Crippen molar-refractivity contribution in [3.8, 4) is 5.88 Å². The van der Waals surface area contributed by atoms with Gasteiger partial charge in [0, 0.05) is 0 Å². The molecule has 3 aromatic rings. The number of aromatic nitrogens is 2. The molecule has 0 amide bonds. The second kappa shape index (κ2) is 9.93. The number of rotatable bonds is 8. The molecule has 2 aromatic carbocycles. The Morgan fingerprint density at radius 1 is 1.29 bits per heavy atom. The Morgan fingerprint density at radius 3 is 2.68 bits per heavy atom. The molecule has 0 saturated carbocycles. The maximum Gasteiger partial charge on any atom is 0.287 e. The summed E-state index contributed by atoms with van der Waals surface area (Å²) in [4.78, 5) is 4.11. The molecule has 1 unspecified atom stereocenters. The predicted octanol–water partition coefficient (Wildman–Crippen LogP) is 1.94. The van der Waals surface area contributed by atoms with Crippen LogP contribution in [-0.2, 0) is 10.2 Å². The summed E-state index contributed by atoms with van der Waals surface area (Å²) in [6.07, 6.45) is 0. The van der Waals surface area contributed by atoms with Crippen molar-refractivity contribution in [2.75, 3.05) is 6.61 Å². The van der Waals surface area contributed by atoms with Crippen molar-refractivity contribution in [2.24, 2.45) is 10.1 Å². The van der Waals surface area contributed by atoms with E-state index in [1.807, 2.05) is 5.48 Å². The van der Waals surface area contributed by atoms with Gasteiger partial charge in [-0.1, -0.05) is 30.3 Å². The molecule has 0 spiro atoms. The predicted molar refractivity (Wildman–Crippen MR) is 110 cm³/mol. The maximum atomic E-state index is 13.4. The monoisotopic (exact) mass is 514 g/mol. The van der Waals surface area contributed by atoms with E-state index in [0.29, 0.717) is 5.56 Å². The first-order valence-electron chi connectivity index (χ1n) is 8.51. The highest BCUT2D eigenvalue weighted by Gasteiger charge is 2.22. The van der Waals surface area contributed by atoms with Gasteiger partial charge in [-0.15, -0.1) is 0 Å². The lowest BCUT2D eigenvalue weighted by Crippen LogP contribution is -2.37. The van der Waals surface area contributed by atoms with Gasteiger partial charge in [-0.3, -0.25) is 10.7 Å². The Hall–Kier alpha value is -2.91. The third-order valence-electron chi connectivity index (χ3n) is 3.83. The van der Waals surface area contributed by atoms with E-state index in [0.717, 1.165) is 0 Å². The minimum Gasteiger partial charge on any atom is -0.472 e. The van der Waals surface area contributed by atoms with Gasteiger partial charge in [-0.2, -0.15) is 13.1 Å². The quantitative estimate of drug-likeness (QED) is 0.201. The SMILES string of the molecule is NS(=O)(=O)NC(COc1nonc1C(=Nc1ccc(F)c(Br)c1)NO)c1ccccc1.